The van der Waals surface area contributed by atoms with E-state index in [-0.39, 0.29) is 22.8 Å². The van der Waals surface area contributed by atoms with Gasteiger partial charge in [-0.2, -0.15) is 36.5 Å². The molecule has 17 nitrogen and oxygen atoms in total. The Kier molecular flexibility index (Phi) is 15.2. The molecule has 2 atom stereocenters. The second-order valence-electron chi connectivity index (χ2n) is 16.6. The lowest BCUT2D eigenvalue weighted by atomic mass is 10.0. The van der Waals surface area contributed by atoms with Crippen LogP contribution in [-0.4, -0.2) is 127 Å². The summed E-state index contributed by atoms with van der Waals surface area (Å²) in [6, 6.07) is 8.79. The zero-order valence-electron chi connectivity index (χ0n) is 37.8. The van der Waals surface area contributed by atoms with Crippen LogP contribution in [-0.2, 0) is 12.4 Å². The molecule has 2 aromatic carbocycles. The average Bonchev–Trinajstić information content (AvgIpc) is 3.89. The SMILES string of the molecule is CN1CCNCC1.Cc1nc(N[C@H](C)c2cc(N)cc(C(F)(F)F)c2)c2cc(C(=O)N3CCN(C)CC3)cn2n1.Cc1nc(N[C@H](C)c2cc(N)cc(C(F)(F)F)c2)c2cc(C(=O)O)cn2n1. The molecule has 0 radical (unpaired) electrons. The summed E-state index contributed by atoms with van der Waals surface area (Å²) < 4.78 is 81.6. The minimum atomic E-state index is -4.51. The van der Waals surface area contributed by atoms with Crippen LogP contribution in [0.25, 0.3) is 11.0 Å². The number of hydrogen-bond donors (Lipinski definition) is 6. The highest BCUT2D eigenvalue weighted by Gasteiger charge is 2.33. The molecule has 2 saturated heterocycles. The third-order valence-electron chi connectivity index (χ3n) is 11.1. The van der Waals surface area contributed by atoms with Crippen LogP contribution < -0.4 is 27.4 Å². The highest BCUT2D eigenvalue weighted by molar-refractivity contribution is 5.96. The summed E-state index contributed by atoms with van der Waals surface area (Å²) in [6.07, 6.45) is -6.02. The number of carbonyl (C=O) groups excluding carboxylic acids is 1. The minimum absolute atomic E-state index is 0.00617. The number of nitrogens with one attached hydrogen (secondary N) is 3. The maximum absolute atomic E-state index is 13.2. The molecule has 0 saturated carbocycles. The number of piperazine rings is 2. The first-order valence-corrected chi connectivity index (χ1v) is 21.3. The van der Waals surface area contributed by atoms with E-state index >= 15 is 0 Å². The Morgan fingerprint density at radius 1 is 0.657 bits per heavy atom. The Hall–Kier alpha value is -6.72. The Morgan fingerprint density at radius 3 is 1.48 bits per heavy atom. The van der Waals surface area contributed by atoms with E-state index in [9.17, 15) is 35.9 Å². The fourth-order valence-electron chi connectivity index (χ4n) is 7.39. The van der Waals surface area contributed by atoms with Gasteiger partial charge in [0, 0.05) is 76.1 Å². The van der Waals surface area contributed by atoms with Crippen LogP contribution in [0, 0.1) is 13.8 Å². The van der Waals surface area contributed by atoms with E-state index < -0.39 is 41.5 Å². The molecule has 0 aliphatic carbocycles. The molecule has 0 spiro atoms. The third kappa shape index (κ3) is 12.8. The predicted molar refractivity (Wildman–Crippen MR) is 242 cm³/mol. The second-order valence-corrected chi connectivity index (χ2v) is 16.6. The second kappa shape index (κ2) is 20.4. The number of fused-ring (bicyclic) bond motifs is 2. The molecule has 67 heavy (non-hydrogen) atoms. The molecule has 23 heteroatoms. The van der Waals surface area contributed by atoms with Crippen molar-refractivity contribution < 1.29 is 41.0 Å². The van der Waals surface area contributed by atoms with E-state index in [0.29, 0.717) is 64.1 Å². The number of nitrogen functional groups attached to an aromatic ring is 2. The van der Waals surface area contributed by atoms with Gasteiger partial charge in [0.15, 0.2) is 11.6 Å². The molecular formula is C44H54F6N14O3. The number of carboxylic acids is 1. The van der Waals surface area contributed by atoms with Gasteiger partial charge in [-0.05, 0) is 101 Å². The minimum Gasteiger partial charge on any atom is -0.478 e. The van der Waals surface area contributed by atoms with Crippen molar-refractivity contribution in [3.8, 4) is 0 Å². The van der Waals surface area contributed by atoms with Crippen molar-refractivity contribution in [1.82, 2.24) is 49.2 Å². The number of nitrogens with two attached hydrogens (primary N) is 2. The number of likely N-dealkylation sites (N-methyl/N-ethyl adjacent to an activating group) is 2. The molecule has 2 aliphatic rings. The number of nitrogens with zero attached hydrogens (tertiary/aromatic N) is 9. The normalized spacial score (nSPS) is 15.9. The van der Waals surface area contributed by atoms with E-state index in [0.717, 1.165) is 50.4 Å². The predicted octanol–water partition coefficient (Wildman–Crippen LogP) is 6.23. The van der Waals surface area contributed by atoms with Gasteiger partial charge in [-0.25, -0.2) is 23.8 Å². The molecule has 6 heterocycles. The molecule has 0 unspecified atom stereocenters. The van der Waals surface area contributed by atoms with Crippen LogP contribution in [0.2, 0.25) is 0 Å². The summed E-state index contributed by atoms with van der Waals surface area (Å²) in [6.45, 7) is 14.4. The zero-order valence-corrected chi connectivity index (χ0v) is 37.8. The summed E-state index contributed by atoms with van der Waals surface area (Å²) in [4.78, 5) is 39.1. The number of carboxylic acid groups (broad SMARTS) is 1. The molecule has 6 aromatic rings. The number of hydrogen-bond acceptors (Lipinski definition) is 13. The van der Waals surface area contributed by atoms with Crippen molar-refractivity contribution in [2.45, 2.75) is 52.1 Å². The molecule has 8 N–H and O–H groups in total. The molecule has 2 aliphatic heterocycles. The maximum Gasteiger partial charge on any atom is 0.416 e. The van der Waals surface area contributed by atoms with E-state index in [4.69, 9.17) is 16.6 Å². The van der Waals surface area contributed by atoms with Crippen molar-refractivity contribution in [2.24, 2.45) is 0 Å². The summed E-state index contributed by atoms with van der Waals surface area (Å²) in [5.41, 5.74) is 11.9. The van der Waals surface area contributed by atoms with Crippen LogP contribution in [0.5, 0.6) is 0 Å². The third-order valence-corrected chi connectivity index (χ3v) is 11.1. The van der Waals surface area contributed by atoms with Gasteiger partial charge in [0.2, 0.25) is 0 Å². The standard InChI is InChI=1S/C22H26F3N7O.C17H16F3N5O2.C5H12N2/c1-13(15-8-17(22(23,24)25)11-18(26)9-15)27-20-19-10-16(12-32(19)29-14(2)28-20)21(33)31-6-4-30(3)5-7-31;1-8(10-3-12(17(18,19)20)6-13(21)4-10)22-15-14-5-11(16(26)27)7-25(14)24-9(2)23-15;1-7-4-2-6-3-5-7/h8-13H,4-7,26H2,1-3H3,(H,27,28,29);3-8H,21H2,1-2H3,(H,26,27)(H,22,23,24);6H,2-5H2,1H3/t13-;8-;/m11./s1. The Bertz CT molecular complexity index is 2710. The Morgan fingerprint density at radius 2 is 1.07 bits per heavy atom. The van der Waals surface area contributed by atoms with Crippen molar-refractivity contribution in [3.05, 3.63) is 106 Å². The van der Waals surface area contributed by atoms with Crippen molar-refractivity contribution in [1.29, 1.82) is 0 Å². The number of amides is 1. The summed E-state index contributed by atoms with van der Waals surface area (Å²) in [7, 11) is 4.17. The van der Waals surface area contributed by atoms with Crippen molar-refractivity contribution in [3.63, 3.8) is 0 Å². The van der Waals surface area contributed by atoms with Crippen LogP contribution in [0.4, 0.5) is 49.4 Å². The van der Waals surface area contributed by atoms with Crippen LogP contribution >= 0.6 is 0 Å². The van der Waals surface area contributed by atoms with E-state index in [1.54, 1.807) is 49.4 Å². The molecule has 8 rings (SSSR count). The number of halogens is 6. The number of aromatic nitrogens is 6. The van der Waals surface area contributed by atoms with Gasteiger partial charge in [-0.1, -0.05) is 0 Å². The Balaban J connectivity index is 0.000000195. The molecule has 1 amide bonds. The van der Waals surface area contributed by atoms with E-state index in [1.165, 1.54) is 42.0 Å². The van der Waals surface area contributed by atoms with Crippen LogP contribution in [0.3, 0.4) is 0 Å². The van der Waals surface area contributed by atoms with Gasteiger partial charge in [-0.15, -0.1) is 0 Å². The van der Waals surface area contributed by atoms with E-state index in [1.807, 2.05) is 7.05 Å². The number of anilines is 4. The number of aryl methyl sites for hydroxylation is 2. The molecule has 2 fully saturated rings. The average molecular weight is 941 g/mol. The van der Waals surface area contributed by atoms with E-state index in [2.05, 4.69) is 53.0 Å². The van der Waals surface area contributed by atoms with Crippen molar-refractivity contribution >= 4 is 45.9 Å². The molecule has 0 bridgehead atoms. The lowest BCUT2D eigenvalue weighted by Crippen LogP contribution is -2.47. The summed E-state index contributed by atoms with van der Waals surface area (Å²) >= 11 is 0. The Labute approximate surface area is 382 Å². The number of aromatic carboxylic acids is 1. The topological polar surface area (TPSA) is 213 Å². The van der Waals surface area contributed by atoms with Crippen molar-refractivity contribution in [2.75, 3.05) is 88.6 Å². The molecular weight excluding hydrogens is 887 g/mol. The lowest BCUT2D eigenvalue weighted by molar-refractivity contribution is -0.138. The number of rotatable bonds is 8. The quantitative estimate of drug-likeness (QED) is 0.0738. The number of benzene rings is 2. The number of carbonyl (C=O) groups is 2. The van der Waals surface area contributed by atoms with Crippen LogP contribution in [0.1, 0.15) is 80.5 Å². The first-order chi connectivity index (χ1) is 31.4. The lowest BCUT2D eigenvalue weighted by Gasteiger charge is -2.32. The maximum atomic E-state index is 13.2. The van der Waals surface area contributed by atoms with Gasteiger partial charge in [0.05, 0.1) is 34.3 Å². The van der Waals surface area contributed by atoms with Gasteiger partial charge < -0.3 is 47.2 Å². The highest BCUT2D eigenvalue weighted by Crippen LogP contribution is 2.35. The summed E-state index contributed by atoms with van der Waals surface area (Å²) in [5, 5.41) is 27.1. The molecule has 4 aromatic heterocycles. The summed E-state index contributed by atoms with van der Waals surface area (Å²) in [5.74, 6) is 0.337. The van der Waals surface area contributed by atoms with Crippen LogP contribution in [0.15, 0.2) is 60.9 Å². The number of alkyl halides is 6. The van der Waals surface area contributed by atoms with Gasteiger partial charge >= 0.3 is 18.3 Å². The first-order valence-electron chi connectivity index (χ1n) is 21.3. The zero-order chi connectivity index (χ0) is 49.0. The fourth-order valence-corrected chi connectivity index (χ4v) is 7.39. The smallest absolute Gasteiger partial charge is 0.416 e. The highest BCUT2D eigenvalue weighted by atomic mass is 19.4. The molecule has 360 valence electrons. The largest absolute Gasteiger partial charge is 0.478 e. The van der Waals surface area contributed by atoms with Gasteiger partial charge in [-0.3, -0.25) is 4.79 Å². The first kappa shape index (κ1) is 49.7. The van der Waals surface area contributed by atoms with Gasteiger partial charge in [0.25, 0.3) is 5.91 Å². The van der Waals surface area contributed by atoms with Gasteiger partial charge in [0.1, 0.15) is 22.7 Å². The fraction of sp³-hybridized carbons (Fsp3) is 0.409. The monoisotopic (exact) mass is 940 g/mol.